The number of anilines is 1. The van der Waals surface area contributed by atoms with Crippen LogP contribution in [0, 0.1) is 0 Å². The van der Waals surface area contributed by atoms with Gasteiger partial charge < -0.3 is 10.1 Å². The smallest absolute Gasteiger partial charge is 0.218 e. The van der Waals surface area contributed by atoms with Crippen LogP contribution in [-0.4, -0.2) is 23.6 Å². The van der Waals surface area contributed by atoms with Crippen molar-refractivity contribution in [2.24, 2.45) is 0 Å². The van der Waals surface area contributed by atoms with Gasteiger partial charge in [-0.3, -0.25) is 0 Å². The molecule has 0 saturated heterocycles. The van der Waals surface area contributed by atoms with Gasteiger partial charge in [-0.1, -0.05) is 32.6 Å². The van der Waals surface area contributed by atoms with Gasteiger partial charge in [0.25, 0.3) is 0 Å². The summed E-state index contributed by atoms with van der Waals surface area (Å²) in [5.41, 5.74) is 0. The second-order valence-corrected chi connectivity index (χ2v) is 5.27. The molecule has 1 N–H and O–H groups in total. The summed E-state index contributed by atoms with van der Waals surface area (Å²) >= 11 is 0. The molecule has 4 nitrogen and oxygen atoms in total. The second kappa shape index (κ2) is 7.31. The Morgan fingerprint density at radius 2 is 2.05 bits per heavy atom. The quantitative estimate of drug-likeness (QED) is 0.794. The molecular formula is C15H25N3O. The number of ether oxygens (including phenoxy) is 1. The van der Waals surface area contributed by atoms with Gasteiger partial charge >= 0.3 is 0 Å². The maximum absolute atomic E-state index is 5.30. The summed E-state index contributed by atoms with van der Waals surface area (Å²) in [6.07, 6.45) is 8.70. The van der Waals surface area contributed by atoms with Crippen molar-refractivity contribution in [3.05, 3.63) is 11.9 Å². The Bertz CT molecular complexity index is 389. The van der Waals surface area contributed by atoms with Crippen molar-refractivity contribution in [2.75, 3.05) is 19.0 Å². The Balaban J connectivity index is 2.10. The molecule has 1 aromatic heterocycles. The molecule has 0 aromatic carbocycles. The minimum atomic E-state index is 0.510. The van der Waals surface area contributed by atoms with Gasteiger partial charge in [-0.25, -0.2) is 4.98 Å². The van der Waals surface area contributed by atoms with Crippen molar-refractivity contribution in [1.82, 2.24) is 9.97 Å². The highest BCUT2D eigenvalue weighted by Gasteiger charge is 2.19. The van der Waals surface area contributed by atoms with Gasteiger partial charge in [-0.05, 0) is 19.3 Å². The van der Waals surface area contributed by atoms with Crippen LogP contribution >= 0.6 is 0 Å². The van der Waals surface area contributed by atoms with E-state index in [2.05, 4.69) is 22.2 Å². The average molecular weight is 263 g/mol. The number of methoxy groups -OCH3 is 1. The predicted octanol–water partition coefficient (Wildman–Crippen LogP) is 3.74. The number of unbranched alkanes of at least 4 members (excludes halogenated alkanes) is 1. The Hall–Kier alpha value is -1.32. The monoisotopic (exact) mass is 263 g/mol. The molecule has 106 valence electrons. The molecular weight excluding hydrogens is 238 g/mol. The van der Waals surface area contributed by atoms with Crippen molar-refractivity contribution >= 4 is 5.82 Å². The van der Waals surface area contributed by atoms with Gasteiger partial charge in [-0.2, -0.15) is 4.98 Å². The molecule has 19 heavy (non-hydrogen) atoms. The Kier molecular flexibility index (Phi) is 5.43. The zero-order valence-electron chi connectivity index (χ0n) is 12.1. The van der Waals surface area contributed by atoms with Crippen LogP contribution in [0.25, 0.3) is 0 Å². The fourth-order valence-electron chi connectivity index (χ4n) is 2.57. The number of nitrogens with zero attached hydrogens (tertiary/aromatic N) is 2. The van der Waals surface area contributed by atoms with E-state index in [0.29, 0.717) is 11.8 Å². The molecule has 1 fully saturated rings. The van der Waals surface area contributed by atoms with Crippen LogP contribution in [-0.2, 0) is 0 Å². The number of nitrogens with one attached hydrogen (secondary N) is 1. The Labute approximate surface area is 116 Å². The predicted molar refractivity (Wildman–Crippen MR) is 77.8 cm³/mol. The van der Waals surface area contributed by atoms with Crippen LogP contribution in [0.3, 0.4) is 0 Å². The third kappa shape index (κ3) is 4.08. The molecule has 4 heteroatoms. The fraction of sp³-hybridized carbons (Fsp3) is 0.733. The van der Waals surface area contributed by atoms with E-state index < -0.39 is 0 Å². The van der Waals surface area contributed by atoms with Crippen molar-refractivity contribution < 1.29 is 4.74 Å². The summed E-state index contributed by atoms with van der Waals surface area (Å²) in [5.74, 6) is 3.05. The highest BCUT2D eigenvalue weighted by Crippen LogP contribution is 2.32. The van der Waals surface area contributed by atoms with Crippen molar-refractivity contribution in [2.45, 2.75) is 57.8 Å². The van der Waals surface area contributed by atoms with E-state index in [-0.39, 0.29) is 0 Å². The SMILES string of the molecule is CCCCNc1cc(OC)nc(C2CCCCC2)n1. The van der Waals surface area contributed by atoms with Crippen LogP contribution in [0.4, 0.5) is 5.82 Å². The Morgan fingerprint density at radius 3 is 2.74 bits per heavy atom. The van der Waals surface area contributed by atoms with Gasteiger partial charge in [0.2, 0.25) is 5.88 Å². The van der Waals surface area contributed by atoms with Crippen molar-refractivity contribution in [3.8, 4) is 5.88 Å². The number of aromatic nitrogens is 2. The second-order valence-electron chi connectivity index (χ2n) is 5.27. The maximum Gasteiger partial charge on any atom is 0.218 e. The van der Waals surface area contributed by atoms with E-state index in [1.54, 1.807) is 7.11 Å². The molecule has 0 radical (unpaired) electrons. The van der Waals surface area contributed by atoms with E-state index in [1.165, 1.54) is 38.5 Å². The third-order valence-electron chi connectivity index (χ3n) is 3.74. The molecule has 1 aromatic rings. The van der Waals surface area contributed by atoms with E-state index in [1.807, 2.05) is 6.07 Å². The first-order valence-electron chi connectivity index (χ1n) is 7.50. The Morgan fingerprint density at radius 1 is 1.26 bits per heavy atom. The van der Waals surface area contributed by atoms with Gasteiger partial charge in [0, 0.05) is 18.5 Å². The lowest BCUT2D eigenvalue weighted by Gasteiger charge is -2.21. The maximum atomic E-state index is 5.30. The molecule has 1 aliphatic rings. The first kappa shape index (κ1) is 14.1. The molecule has 0 aliphatic heterocycles. The molecule has 0 spiro atoms. The van der Waals surface area contributed by atoms with E-state index >= 15 is 0 Å². The highest BCUT2D eigenvalue weighted by atomic mass is 16.5. The summed E-state index contributed by atoms with van der Waals surface area (Å²) in [4.78, 5) is 9.21. The zero-order valence-corrected chi connectivity index (χ0v) is 12.1. The van der Waals surface area contributed by atoms with Gasteiger partial charge in [0.1, 0.15) is 11.6 Å². The van der Waals surface area contributed by atoms with Crippen LogP contribution in [0.1, 0.15) is 63.6 Å². The van der Waals surface area contributed by atoms with E-state index in [9.17, 15) is 0 Å². The average Bonchev–Trinajstić information content (AvgIpc) is 2.48. The van der Waals surface area contributed by atoms with E-state index in [4.69, 9.17) is 4.74 Å². The molecule has 1 heterocycles. The molecule has 2 rings (SSSR count). The lowest BCUT2D eigenvalue weighted by Crippen LogP contribution is -2.12. The number of rotatable bonds is 6. The molecule has 1 saturated carbocycles. The molecule has 0 unspecified atom stereocenters. The minimum absolute atomic E-state index is 0.510. The lowest BCUT2D eigenvalue weighted by molar-refractivity contribution is 0.383. The standard InChI is InChI=1S/C15H25N3O/c1-3-4-10-16-13-11-14(19-2)18-15(17-13)12-8-6-5-7-9-12/h11-12H,3-10H2,1-2H3,(H,16,17,18). The van der Waals surface area contributed by atoms with Gasteiger partial charge in [0.15, 0.2) is 0 Å². The van der Waals surface area contributed by atoms with Crippen molar-refractivity contribution in [1.29, 1.82) is 0 Å². The summed E-state index contributed by atoms with van der Waals surface area (Å²) in [7, 11) is 1.67. The van der Waals surface area contributed by atoms with Crippen LogP contribution in [0.5, 0.6) is 5.88 Å². The van der Waals surface area contributed by atoms with Gasteiger partial charge in [0.05, 0.1) is 7.11 Å². The summed E-state index contributed by atoms with van der Waals surface area (Å²) < 4.78 is 5.30. The molecule has 1 aliphatic carbocycles. The zero-order chi connectivity index (χ0) is 13.5. The van der Waals surface area contributed by atoms with Crippen LogP contribution in [0.2, 0.25) is 0 Å². The first-order chi connectivity index (χ1) is 9.33. The third-order valence-corrected chi connectivity index (χ3v) is 3.74. The number of hydrogen-bond donors (Lipinski definition) is 1. The highest BCUT2D eigenvalue weighted by molar-refractivity contribution is 5.38. The normalized spacial score (nSPS) is 16.3. The minimum Gasteiger partial charge on any atom is -0.481 e. The molecule has 0 bridgehead atoms. The topological polar surface area (TPSA) is 47.0 Å². The summed E-state index contributed by atoms with van der Waals surface area (Å²) in [6, 6.07) is 1.89. The summed E-state index contributed by atoms with van der Waals surface area (Å²) in [6.45, 7) is 3.15. The first-order valence-corrected chi connectivity index (χ1v) is 7.50. The lowest BCUT2D eigenvalue weighted by atomic mass is 9.89. The number of hydrogen-bond acceptors (Lipinski definition) is 4. The fourth-order valence-corrected chi connectivity index (χ4v) is 2.57. The largest absolute Gasteiger partial charge is 0.481 e. The van der Waals surface area contributed by atoms with E-state index in [0.717, 1.165) is 24.6 Å². The summed E-state index contributed by atoms with van der Waals surface area (Å²) in [5, 5.41) is 3.37. The van der Waals surface area contributed by atoms with Gasteiger partial charge in [-0.15, -0.1) is 0 Å². The molecule has 0 atom stereocenters. The van der Waals surface area contributed by atoms with Crippen molar-refractivity contribution in [3.63, 3.8) is 0 Å². The van der Waals surface area contributed by atoms with Crippen LogP contribution in [0.15, 0.2) is 6.07 Å². The molecule has 0 amide bonds. The van der Waals surface area contributed by atoms with Crippen LogP contribution < -0.4 is 10.1 Å².